The molecule has 0 saturated carbocycles. The van der Waals surface area contributed by atoms with Gasteiger partial charge in [0.15, 0.2) is 9.84 Å². The van der Waals surface area contributed by atoms with E-state index in [4.69, 9.17) is 31.5 Å². The van der Waals surface area contributed by atoms with Crippen molar-refractivity contribution in [2.24, 2.45) is 5.73 Å². The summed E-state index contributed by atoms with van der Waals surface area (Å²) in [4.78, 5) is 20.3. The predicted molar refractivity (Wildman–Crippen MR) is 206 cm³/mol. The van der Waals surface area contributed by atoms with E-state index in [0.717, 1.165) is 15.2 Å². The molecule has 6 aromatic rings. The molecule has 1 amide bonds. The lowest BCUT2D eigenvalue weighted by Crippen LogP contribution is -2.28. The lowest BCUT2D eigenvalue weighted by atomic mass is 10.1. The van der Waals surface area contributed by atoms with Crippen LogP contribution in [0.1, 0.15) is 22.8 Å². The number of sulfone groups is 1. The number of fused-ring (bicyclic) bond motifs is 2. The molecule has 276 valence electrons. The molecule has 0 radical (unpaired) electrons. The number of aromatic nitrogens is 2. The molecule has 0 spiro atoms. The van der Waals surface area contributed by atoms with Crippen molar-refractivity contribution in [2.75, 3.05) is 31.7 Å². The summed E-state index contributed by atoms with van der Waals surface area (Å²) in [6, 6.07) is 25.8. The zero-order chi connectivity index (χ0) is 38.3. The Bertz CT molecular complexity index is 2490. The van der Waals surface area contributed by atoms with Crippen molar-refractivity contribution in [3.63, 3.8) is 0 Å². The first-order valence-electron chi connectivity index (χ1n) is 15.9. The molecule has 0 saturated heterocycles. The number of pyridine rings is 2. The van der Waals surface area contributed by atoms with Gasteiger partial charge in [0.05, 0.1) is 35.1 Å². The van der Waals surface area contributed by atoms with Crippen LogP contribution in [0.4, 0.5) is 5.69 Å². The molecule has 0 bridgehead atoms. The molecule has 2 heterocycles. The van der Waals surface area contributed by atoms with Crippen LogP contribution >= 0.6 is 11.6 Å². The Kier molecular flexibility index (Phi) is 12.0. The van der Waals surface area contributed by atoms with E-state index in [1.807, 2.05) is 24.3 Å². The van der Waals surface area contributed by atoms with Crippen LogP contribution in [0.5, 0.6) is 28.7 Å². The summed E-state index contributed by atoms with van der Waals surface area (Å²) >= 11 is 6.25. The van der Waals surface area contributed by atoms with Gasteiger partial charge in [-0.2, -0.15) is 12.7 Å². The van der Waals surface area contributed by atoms with Crippen LogP contribution in [-0.2, 0) is 25.8 Å². The minimum Gasteiger partial charge on any atom is -0.496 e. The lowest BCUT2D eigenvalue weighted by Gasteiger charge is -2.14. The number of amides is 1. The number of rotatable bonds is 12. The van der Waals surface area contributed by atoms with Crippen molar-refractivity contribution in [1.29, 1.82) is 0 Å². The Morgan fingerprint density at radius 3 is 2.04 bits per heavy atom. The van der Waals surface area contributed by atoms with Crippen LogP contribution in [-0.4, -0.2) is 64.0 Å². The van der Waals surface area contributed by atoms with Crippen molar-refractivity contribution in [3.8, 4) is 28.7 Å². The summed E-state index contributed by atoms with van der Waals surface area (Å²) in [5.41, 5.74) is 8.02. The van der Waals surface area contributed by atoms with Crippen molar-refractivity contribution < 1.29 is 35.8 Å². The minimum atomic E-state index is -3.52. The van der Waals surface area contributed by atoms with Gasteiger partial charge in [0.2, 0.25) is 0 Å². The van der Waals surface area contributed by atoms with E-state index in [0.29, 0.717) is 50.9 Å². The molecule has 0 fully saturated rings. The number of carbonyl (C=O) groups is 1. The highest BCUT2D eigenvalue weighted by atomic mass is 35.5. The zero-order valence-corrected chi connectivity index (χ0v) is 31.5. The molecule has 16 heteroatoms. The molecule has 0 atom stereocenters. The first kappa shape index (κ1) is 38.7. The smallest absolute Gasteiger partial charge is 0.301 e. The third kappa shape index (κ3) is 9.70. The summed E-state index contributed by atoms with van der Waals surface area (Å²) in [5.74, 6) is 1.74. The highest BCUT2D eigenvalue weighted by Crippen LogP contribution is 2.35. The van der Waals surface area contributed by atoms with Crippen molar-refractivity contribution >= 4 is 65.0 Å². The molecule has 13 nitrogen and oxygen atoms in total. The van der Waals surface area contributed by atoms with E-state index in [1.54, 1.807) is 86.0 Å². The first-order valence-corrected chi connectivity index (χ1v) is 19.6. The number of primary amides is 1. The van der Waals surface area contributed by atoms with E-state index in [9.17, 15) is 21.6 Å². The molecule has 0 aliphatic heterocycles. The Hall–Kier alpha value is -5.48. The van der Waals surface area contributed by atoms with Crippen molar-refractivity contribution in [2.45, 2.75) is 12.7 Å². The Balaban J connectivity index is 0.000000208. The number of para-hydroxylation sites is 1. The average molecular weight is 778 g/mol. The molecule has 0 unspecified atom stereocenters. The Morgan fingerprint density at radius 2 is 1.42 bits per heavy atom. The van der Waals surface area contributed by atoms with Crippen LogP contribution in [0, 0.1) is 0 Å². The largest absolute Gasteiger partial charge is 0.496 e. The third-order valence-electron chi connectivity index (χ3n) is 7.77. The maximum atomic E-state index is 11.8. The van der Waals surface area contributed by atoms with Gasteiger partial charge in [-0.3, -0.25) is 19.5 Å². The normalized spacial score (nSPS) is 11.5. The van der Waals surface area contributed by atoms with Crippen LogP contribution in [0.25, 0.3) is 21.8 Å². The quantitative estimate of drug-likeness (QED) is 0.132. The summed E-state index contributed by atoms with van der Waals surface area (Å²) < 4.78 is 67.9. The summed E-state index contributed by atoms with van der Waals surface area (Å²) in [7, 11) is -2.35. The van der Waals surface area contributed by atoms with Crippen LogP contribution in [0.2, 0.25) is 5.02 Å². The molecular weight excluding hydrogens is 742 g/mol. The maximum absolute atomic E-state index is 11.8. The summed E-state index contributed by atoms with van der Waals surface area (Å²) in [6.45, 7) is 1.59. The van der Waals surface area contributed by atoms with Crippen LogP contribution < -0.4 is 24.7 Å². The molecular formula is C37H36ClN5O8S2. The maximum Gasteiger partial charge on any atom is 0.301 e. The monoisotopic (exact) mass is 777 g/mol. The minimum absolute atomic E-state index is 0.0379. The second kappa shape index (κ2) is 16.5. The second-order valence-electron chi connectivity index (χ2n) is 11.6. The van der Waals surface area contributed by atoms with Gasteiger partial charge in [0, 0.05) is 54.1 Å². The van der Waals surface area contributed by atoms with Crippen LogP contribution in [0.15, 0.2) is 103 Å². The summed E-state index contributed by atoms with van der Waals surface area (Å²) in [6.07, 6.45) is 3.25. The topological polar surface area (TPSA) is 180 Å². The Labute approximate surface area is 312 Å². The molecule has 4 aromatic carbocycles. The first-order chi connectivity index (χ1) is 25.2. The SMILES string of the molecule is CCS(=O)(=O)Cc1ccc(Oc2ccnc3cc(OC)c(C(N)=O)cc23)cc1Cl.CN(C)S(=O)(=O)Nc1ccc(Oc2ccnc3ccccc23)cc1. The number of benzene rings is 4. The van der Waals surface area contributed by atoms with Crippen molar-refractivity contribution in [1.82, 2.24) is 14.3 Å². The van der Waals surface area contributed by atoms with Gasteiger partial charge < -0.3 is 19.9 Å². The fourth-order valence-electron chi connectivity index (χ4n) is 4.89. The highest BCUT2D eigenvalue weighted by molar-refractivity contribution is 7.90. The van der Waals surface area contributed by atoms with E-state index < -0.39 is 26.0 Å². The van der Waals surface area contributed by atoms with Gasteiger partial charge in [0.25, 0.3) is 5.91 Å². The fourth-order valence-corrected chi connectivity index (χ4v) is 6.75. The number of halogens is 1. The number of hydrogen-bond acceptors (Lipinski definition) is 10. The lowest BCUT2D eigenvalue weighted by molar-refractivity contribution is 0.0997. The van der Waals surface area contributed by atoms with Crippen molar-refractivity contribution in [3.05, 3.63) is 120 Å². The molecule has 53 heavy (non-hydrogen) atoms. The van der Waals surface area contributed by atoms with E-state index in [2.05, 4.69) is 14.7 Å². The van der Waals surface area contributed by atoms with Gasteiger partial charge in [-0.05, 0) is 72.3 Å². The Morgan fingerprint density at radius 1 is 0.792 bits per heavy atom. The van der Waals surface area contributed by atoms with Gasteiger partial charge in [0.1, 0.15) is 28.7 Å². The van der Waals surface area contributed by atoms with E-state index >= 15 is 0 Å². The molecule has 3 N–H and O–H groups in total. The van der Waals surface area contributed by atoms with Gasteiger partial charge in [-0.1, -0.05) is 36.7 Å². The third-order valence-corrected chi connectivity index (χ3v) is 11.2. The number of nitrogens with one attached hydrogen (secondary N) is 1. The molecule has 6 rings (SSSR count). The molecule has 0 aliphatic rings. The standard InChI is InChI=1S/C20H19ClN2O5S.C17H17N3O3S/c1-3-29(25,26)11-12-4-5-13(8-16(12)21)28-18-6-7-23-17-10-19(27-2)15(20(22)24)9-14(17)18;1-20(2)24(21,22)19-13-7-9-14(10-8-13)23-17-11-12-18-16-6-4-3-5-15(16)17/h4-10H,3,11H2,1-2H3,(H2,22,24);3-12,19H,1-2H3. The second-order valence-corrected chi connectivity index (χ2v) is 16.3. The fraction of sp³-hybridized carbons (Fsp3) is 0.162. The number of hydrogen-bond donors (Lipinski definition) is 2. The average Bonchev–Trinajstić information content (AvgIpc) is 3.13. The number of methoxy groups -OCH3 is 1. The van der Waals surface area contributed by atoms with Gasteiger partial charge in [-0.25, -0.2) is 8.42 Å². The predicted octanol–water partition coefficient (Wildman–Crippen LogP) is 6.97. The van der Waals surface area contributed by atoms with Crippen LogP contribution in [0.3, 0.4) is 0 Å². The summed E-state index contributed by atoms with van der Waals surface area (Å²) in [5, 5.41) is 1.77. The molecule has 0 aliphatic carbocycles. The number of carbonyl (C=O) groups excluding carboxylic acids is 1. The number of ether oxygens (including phenoxy) is 3. The van der Waals surface area contributed by atoms with Gasteiger partial charge >= 0.3 is 10.2 Å². The number of nitrogens with two attached hydrogens (primary N) is 1. The number of nitrogens with zero attached hydrogens (tertiary/aromatic N) is 3. The molecule has 2 aromatic heterocycles. The van der Waals surface area contributed by atoms with E-state index in [-0.39, 0.29) is 22.1 Å². The highest BCUT2D eigenvalue weighted by Gasteiger charge is 2.17. The zero-order valence-electron chi connectivity index (χ0n) is 29.1. The van der Waals surface area contributed by atoms with Gasteiger partial charge in [-0.15, -0.1) is 0 Å². The number of anilines is 1. The van der Waals surface area contributed by atoms with E-state index in [1.165, 1.54) is 21.2 Å².